The molecule has 0 bridgehead atoms. The van der Waals surface area contributed by atoms with E-state index in [4.69, 9.17) is 0 Å². The first-order chi connectivity index (χ1) is 14.4. The fraction of sp³-hybridized carbons (Fsp3) is 0.360. The topological polar surface area (TPSA) is 39.1 Å². The molecule has 0 aliphatic rings. The maximum Gasteiger partial charge on any atom is 0.267 e. The van der Waals surface area contributed by atoms with Crippen LogP contribution in [0.5, 0.6) is 0 Å². The van der Waals surface area contributed by atoms with Crippen LogP contribution < -0.4 is 0 Å². The molecule has 5 heteroatoms. The predicted molar refractivity (Wildman–Crippen MR) is 121 cm³/mol. The van der Waals surface area contributed by atoms with Crippen molar-refractivity contribution >= 4 is 10.0 Å². The molecule has 0 aliphatic heterocycles. The standard InChI is InChI=1S/C25H30FNO2S/c1-3-4-5-6-7-11-14-25-20(2)24(21-12-9-8-10-13-21)19-27(25)30(28,29)23-17-15-22(26)16-18-23/h8-10,12-13,15-19H,3-7,11,14H2,1-2H3. The molecule has 0 N–H and O–H groups in total. The van der Waals surface area contributed by atoms with Crippen LogP contribution in [0.4, 0.5) is 4.39 Å². The third-order valence-electron chi connectivity index (χ3n) is 5.57. The summed E-state index contributed by atoms with van der Waals surface area (Å²) in [6, 6.07) is 14.9. The highest BCUT2D eigenvalue weighted by molar-refractivity contribution is 7.90. The average Bonchev–Trinajstić information content (AvgIpc) is 3.08. The van der Waals surface area contributed by atoms with Gasteiger partial charge in [-0.15, -0.1) is 0 Å². The van der Waals surface area contributed by atoms with Gasteiger partial charge in [-0.2, -0.15) is 0 Å². The molecule has 160 valence electrons. The molecule has 3 aromatic rings. The minimum atomic E-state index is -3.80. The molecule has 0 saturated heterocycles. The molecule has 0 saturated carbocycles. The van der Waals surface area contributed by atoms with E-state index < -0.39 is 15.8 Å². The number of hydrogen-bond acceptors (Lipinski definition) is 2. The average molecular weight is 428 g/mol. The van der Waals surface area contributed by atoms with Crippen LogP contribution >= 0.6 is 0 Å². The lowest BCUT2D eigenvalue weighted by Crippen LogP contribution is -2.15. The van der Waals surface area contributed by atoms with Crippen molar-refractivity contribution in [3.63, 3.8) is 0 Å². The van der Waals surface area contributed by atoms with Crippen molar-refractivity contribution in [2.75, 3.05) is 0 Å². The summed E-state index contributed by atoms with van der Waals surface area (Å²) < 4.78 is 41.5. The number of nitrogens with zero attached hydrogens (tertiary/aromatic N) is 1. The highest BCUT2D eigenvalue weighted by atomic mass is 32.2. The summed E-state index contributed by atoms with van der Waals surface area (Å²) in [7, 11) is -3.80. The Kier molecular flexibility index (Phi) is 7.48. The SMILES string of the molecule is CCCCCCCCc1c(C)c(-c2ccccc2)cn1S(=O)(=O)c1ccc(F)cc1. The number of benzene rings is 2. The minimum absolute atomic E-state index is 0.0997. The first-order valence-electron chi connectivity index (χ1n) is 10.7. The summed E-state index contributed by atoms with van der Waals surface area (Å²) in [4.78, 5) is 0.0997. The Morgan fingerprint density at radius 1 is 0.867 bits per heavy atom. The van der Waals surface area contributed by atoms with E-state index >= 15 is 0 Å². The largest absolute Gasteiger partial charge is 0.267 e. The first kappa shape index (κ1) is 22.3. The van der Waals surface area contributed by atoms with E-state index in [9.17, 15) is 12.8 Å². The molecule has 0 aliphatic carbocycles. The number of unbranched alkanes of at least 4 members (excludes halogenated alkanes) is 5. The van der Waals surface area contributed by atoms with Crippen LogP contribution in [-0.2, 0) is 16.4 Å². The summed E-state index contributed by atoms with van der Waals surface area (Å²) in [5.74, 6) is -0.449. The molecular formula is C25H30FNO2S. The highest BCUT2D eigenvalue weighted by Crippen LogP contribution is 2.31. The van der Waals surface area contributed by atoms with Gasteiger partial charge in [0.05, 0.1) is 4.90 Å². The second kappa shape index (κ2) is 10.1. The van der Waals surface area contributed by atoms with Gasteiger partial charge in [0.2, 0.25) is 0 Å². The van der Waals surface area contributed by atoms with Crippen molar-refractivity contribution in [2.45, 2.75) is 63.7 Å². The molecule has 0 amide bonds. The van der Waals surface area contributed by atoms with Crippen LogP contribution in [0.2, 0.25) is 0 Å². The lowest BCUT2D eigenvalue weighted by atomic mass is 10.0. The van der Waals surface area contributed by atoms with Crippen molar-refractivity contribution in [3.05, 3.63) is 77.9 Å². The Bertz CT molecular complexity index is 1050. The van der Waals surface area contributed by atoms with E-state index in [1.165, 1.54) is 53.9 Å². The maximum absolute atomic E-state index is 13.4. The van der Waals surface area contributed by atoms with E-state index in [1.54, 1.807) is 6.20 Å². The minimum Gasteiger partial charge on any atom is -0.245 e. The molecule has 1 heterocycles. The summed E-state index contributed by atoms with van der Waals surface area (Å²) in [5, 5.41) is 0. The lowest BCUT2D eigenvalue weighted by Gasteiger charge is -2.12. The van der Waals surface area contributed by atoms with Gasteiger partial charge >= 0.3 is 0 Å². The Morgan fingerprint density at radius 3 is 2.17 bits per heavy atom. The zero-order valence-electron chi connectivity index (χ0n) is 17.8. The molecule has 2 aromatic carbocycles. The number of rotatable bonds is 10. The number of aromatic nitrogens is 1. The third-order valence-corrected chi connectivity index (χ3v) is 7.28. The zero-order valence-corrected chi connectivity index (χ0v) is 18.6. The Labute approximate surface area is 179 Å². The maximum atomic E-state index is 13.4. The van der Waals surface area contributed by atoms with Crippen molar-refractivity contribution in [2.24, 2.45) is 0 Å². The van der Waals surface area contributed by atoms with Crippen LogP contribution in [0.1, 0.15) is 56.7 Å². The zero-order chi connectivity index (χ0) is 21.6. The van der Waals surface area contributed by atoms with Crippen LogP contribution in [0, 0.1) is 12.7 Å². The molecule has 0 unspecified atom stereocenters. The fourth-order valence-electron chi connectivity index (χ4n) is 3.83. The van der Waals surface area contributed by atoms with Gasteiger partial charge in [-0.05, 0) is 55.2 Å². The Morgan fingerprint density at radius 2 is 1.50 bits per heavy atom. The summed E-state index contributed by atoms with van der Waals surface area (Å²) in [6.45, 7) is 4.19. The molecule has 0 spiro atoms. The van der Waals surface area contributed by atoms with Gasteiger partial charge in [-0.25, -0.2) is 16.8 Å². The predicted octanol–water partition coefficient (Wildman–Crippen LogP) is 6.74. The fourth-order valence-corrected chi connectivity index (χ4v) is 5.30. The molecule has 0 radical (unpaired) electrons. The quantitative estimate of drug-likeness (QED) is 0.336. The monoisotopic (exact) mass is 427 g/mol. The number of halogens is 1. The van der Waals surface area contributed by atoms with Crippen LogP contribution in [0.15, 0.2) is 65.7 Å². The van der Waals surface area contributed by atoms with Gasteiger partial charge in [0.1, 0.15) is 5.82 Å². The molecule has 3 rings (SSSR count). The van der Waals surface area contributed by atoms with Gasteiger partial charge in [0.25, 0.3) is 10.0 Å². The van der Waals surface area contributed by atoms with Crippen molar-refractivity contribution in [3.8, 4) is 11.1 Å². The van der Waals surface area contributed by atoms with E-state index in [-0.39, 0.29) is 4.90 Å². The second-order valence-electron chi connectivity index (χ2n) is 7.75. The van der Waals surface area contributed by atoms with E-state index in [0.29, 0.717) is 6.42 Å². The van der Waals surface area contributed by atoms with Gasteiger partial charge < -0.3 is 0 Å². The summed E-state index contributed by atoms with van der Waals surface area (Å²) in [6.07, 6.45) is 9.29. The third kappa shape index (κ3) is 5.01. The number of hydrogen-bond donors (Lipinski definition) is 0. The normalized spacial score (nSPS) is 11.7. The van der Waals surface area contributed by atoms with Crippen molar-refractivity contribution in [1.29, 1.82) is 0 Å². The molecule has 3 nitrogen and oxygen atoms in total. The smallest absolute Gasteiger partial charge is 0.245 e. The summed E-state index contributed by atoms with van der Waals surface area (Å²) >= 11 is 0. The van der Waals surface area contributed by atoms with Crippen LogP contribution in [0.25, 0.3) is 11.1 Å². The molecule has 0 fully saturated rings. The molecular weight excluding hydrogens is 397 g/mol. The van der Waals surface area contributed by atoms with Crippen LogP contribution in [-0.4, -0.2) is 12.4 Å². The molecule has 1 aromatic heterocycles. The Balaban J connectivity index is 1.96. The first-order valence-corrected chi connectivity index (χ1v) is 12.2. The van der Waals surface area contributed by atoms with Crippen molar-refractivity contribution in [1.82, 2.24) is 3.97 Å². The molecule has 30 heavy (non-hydrogen) atoms. The van der Waals surface area contributed by atoms with Crippen LogP contribution in [0.3, 0.4) is 0 Å². The van der Waals surface area contributed by atoms with Gasteiger partial charge in [0, 0.05) is 17.5 Å². The molecule has 0 atom stereocenters. The summed E-state index contributed by atoms with van der Waals surface area (Å²) in [5.41, 5.74) is 3.71. The van der Waals surface area contributed by atoms with E-state index in [1.807, 2.05) is 37.3 Å². The van der Waals surface area contributed by atoms with Gasteiger partial charge in [-0.1, -0.05) is 69.4 Å². The lowest BCUT2D eigenvalue weighted by molar-refractivity contribution is 0.578. The Hall–Kier alpha value is -2.40. The highest BCUT2D eigenvalue weighted by Gasteiger charge is 2.24. The van der Waals surface area contributed by atoms with E-state index in [0.717, 1.165) is 35.2 Å². The van der Waals surface area contributed by atoms with Gasteiger partial charge in [-0.3, -0.25) is 0 Å². The second-order valence-corrected chi connectivity index (χ2v) is 9.57. The van der Waals surface area contributed by atoms with Gasteiger partial charge in [0.15, 0.2) is 0 Å². The van der Waals surface area contributed by atoms with Crippen molar-refractivity contribution < 1.29 is 12.8 Å². The van der Waals surface area contributed by atoms with E-state index in [2.05, 4.69) is 6.92 Å².